The van der Waals surface area contributed by atoms with Crippen LogP contribution in [0.4, 0.5) is 4.79 Å². The molecule has 1 unspecified atom stereocenters. The number of benzene rings is 1. The standard InChI is InChI=1S/C13H14BrNO4/c1-2-7-17-8-12(19-13(15)16)9-18-11-5-3-10(14)4-6-11/h1,3-6,12H,7-9H2,(H2,15,16). The van der Waals surface area contributed by atoms with Gasteiger partial charge in [0.2, 0.25) is 0 Å². The zero-order chi connectivity index (χ0) is 14.1. The van der Waals surface area contributed by atoms with Gasteiger partial charge >= 0.3 is 6.09 Å². The van der Waals surface area contributed by atoms with Crippen LogP contribution in [0.25, 0.3) is 0 Å². The topological polar surface area (TPSA) is 70.8 Å². The van der Waals surface area contributed by atoms with Crippen molar-refractivity contribution in [3.05, 3.63) is 28.7 Å². The summed E-state index contributed by atoms with van der Waals surface area (Å²) >= 11 is 3.32. The van der Waals surface area contributed by atoms with Crippen LogP contribution in [0, 0.1) is 12.3 Å². The summed E-state index contributed by atoms with van der Waals surface area (Å²) in [6.45, 7) is 0.399. The normalized spacial score (nSPS) is 11.4. The molecule has 102 valence electrons. The van der Waals surface area contributed by atoms with Gasteiger partial charge in [0.1, 0.15) is 19.0 Å². The molecule has 1 aromatic rings. The number of primary amides is 1. The lowest BCUT2D eigenvalue weighted by Gasteiger charge is -2.17. The lowest BCUT2D eigenvalue weighted by atomic mass is 10.3. The summed E-state index contributed by atoms with van der Waals surface area (Å²) in [7, 11) is 0. The second-order valence-corrected chi connectivity index (χ2v) is 4.46. The molecule has 6 heteroatoms. The van der Waals surface area contributed by atoms with Crippen LogP contribution in [-0.2, 0) is 9.47 Å². The molecule has 2 N–H and O–H groups in total. The Labute approximate surface area is 120 Å². The number of amides is 1. The number of rotatable bonds is 7. The van der Waals surface area contributed by atoms with Crippen molar-refractivity contribution in [2.24, 2.45) is 5.73 Å². The van der Waals surface area contributed by atoms with E-state index in [0.717, 1.165) is 4.47 Å². The van der Waals surface area contributed by atoms with E-state index < -0.39 is 12.2 Å². The van der Waals surface area contributed by atoms with E-state index >= 15 is 0 Å². The van der Waals surface area contributed by atoms with Crippen molar-refractivity contribution in [2.45, 2.75) is 6.10 Å². The van der Waals surface area contributed by atoms with Crippen LogP contribution >= 0.6 is 15.9 Å². The summed E-state index contributed by atoms with van der Waals surface area (Å²) in [5.74, 6) is 2.97. The Hall–Kier alpha value is -1.71. The molecule has 1 amide bonds. The Morgan fingerprint density at radius 2 is 2.05 bits per heavy atom. The predicted molar refractivity (Wildman–Crippen MR) is 73.7 cm³/mol. The van der Waals surface area contributed by atoms with Gasteiger partial charge in [0.25, 0.3) is 0 Å². The average molecular weight is 328 g/mol. The number of nitrogens with two attached hydrogens (primary N) is 1. The maximum atomic E-state index is 10.7. The highest BCUT2D eigenvalue weighted by Gasteiger charge is 2.14. The SMILES string of the molecule is C#CCOCC(COc1ccc(Br)cc1)OC(N)=O. The quantitative estimate of drug-likeness (QED) is 0.613. The van der Waals surface area contributed by atoms with Crippen molar-refractivity contribution in [2.75, 3.05) is 19.8 Å². The van der Waals surface area contributed by atoms with Crippen LogP contribution in [0.5, 0.6) is 5.75 Å². The van der Waals surface area contributed by atoms with E-state index in [1.807, 2.05) is 12.1 Å². The van der Waals surface area contributed by atoms with Crippen LogP contribution in [0.15, 0.2) is 28.7 Å². The molecule has 0 radical (unpaired) electrons. The number of hydrogen-bond acceptors (Lipinski definition) is 4. The molecule has 0 aliphatic rings. The van der Waals surface area contributed by atoms with Crippen molar-refractivity contribution in [1.82, 2.24) is 0 Å². The first-order valence-electron chi connectivity index (χ1n) is 5.47. The molecule has 0 heterocycles. The number of hydrogen-bond donors (Lipinski definition) is 1. The Balaban J connectivity index is 2.45. The van der Waals surface area contributed by atoms with Crippen molar-refractivity contribution < 1.29 is 19.0 Å². The molecular weight excluding hydrogens is 314 g/mol. The minimum atomic E-state index is -0.881. The third kappa shape index (κ3) is 6.70. The van der Waals surface area contributed by atoms with Gasteiger partial charge in [-0.15, -0.1) is 6.42 Å². The molecule has 0 bridgehead atoms. The van der Waals surface area contributed by atoms with Gasteiger partial charge in [-0.3, -0.25) is 0 Å². The Morgan fingerprint density at radius 3 is 2.63 bits per heavy atom. The van der Waals surface area contributed by atoms with Gasteiger partial charge in [-0.2, -0.15) is 0 Å². The fraction of sp³-hybridized carbons (Fsp3) is 0.308. The lowest BCUT2D eigenvalue weighted by Crippen LogP contribution is -2.32. The van der Waals surface area contributed by atoms with Crippen molar-refractivity contribution in [3.63, 3.8) is 0 Å². The van der Waals surface area contributed by atoms with Crippen molar-refractivity contribution in [1.29, 1.82) is 0 Å². The zero-order valence-electron chi connectivity index (χ0n) is 10.2. The van der Waals surface area contributed by atoms with Gasteiger partial charge in [-0.05, 0) is 24.3 Å². The second-order valence-electron chi connectivity index (χ2n) is 3.54. The largest absolute Gasteiger partial charge is 0.490 e. The Morgan fingerprint density at radius 1 is 1.37 bits per heavy atom. The smallest absolute Gasteiger partial charge is 0.404 e. The molecule has 19 heavy (non-hydrogen) atoms. The van der Waals surface area contributed by atoms with Crippen molar-refractivity contribution >= 4 is 22.0 Å². The number of carbonyl (C=O) groups is 1. The monoisotopic (exact) mass is 327 g/mol. The molecule has 1 atom stereocenters. The highest BCUT2D eigenvalue weighted by Crippen LogP contribution is 2.16. The first kappa shape index (κ1) is 15.3. The molecule has 0 aromatic heterocycles. The summed E-state index contributed by atoms with van der Waals surface area (Å²) in [5.41, 5.74) is 4.97. The maximum Gasteiger partial charge on any atom is 0.404 e. The maximum absolute atomic E-state index is 10.7. The molecule has 0 fully saturated rings. The molecule has 0 aliphatic carbocycles. The fourth-order valence-electron chi connectivity index (χ4n) is 1.25. The molecule has 5 nitrogen and oxygen atoms in total. The number of ether oxygens (including phenoxy) is 3. The molecule has 1 aromatic carbocycles. The minimum Gasteiger partial charge on any atom is -0.490 e. The van der Waals surface area contributed by atoms with Gasteiger partial charge < -0.3 is 19.9 Å². The lowest BCUT2D eigenvalue weighted by molar-refractivity contribution is 0.0101. The molecule has 0 aliphatic heterocycles. The molecule has 1 rings (SSSR count). The third-order valence-corrected chi connectivity index (χ3v) is 2.55. The average Bonchev–Trinajstić information content (AvgIpc) is 2.37. The molecular formula is C13H14BrNO4. The van der Waals surface area contributed by atoms with Crippen LogP contribution in [0.1, 0.15) is 0 Å². The van der Waals surface area contributed by atoms with E-state index in [1.54, 1.807) is 12.1 Å². The van der Waals surface area contributed by atoms with Gasteiger partial charge in [0.05, 0.1) is 6.61 Å². The number of halogens is 1. The molecule has 0 saturated carbocycles. The van der Waals surface area contributed by atoms with Crippen LogP contribution < -0.4 is 10.5 Å². The van der Waals surface area contributed by atoms with Gasteiger partial charge in [0, 0.05) is 4.47 Å². The van der Waals surface area contributed by atoms with E-state index in [4.69, 9.17) is 26.4 Å². The van der Waals surface area contributed by atoms with Crippen LogP contribution in [-0.4, -0.2) is 32.0 Å². The van der Waals surface area contributed by atoms with Gasteiger partial charge in [-0.1, -0.05) is 21.9 Å². The Bertz CT molecular complexity index is 441. The number of carbonyl (C=O) groups excluding carboxylic acids is 1. The summed E-state index contributed by atoms with van der Waals surface area (Å²) in [6, 6.07) is 7.25. The predicted octanol–water partition coefficient (Wildman–Crippen LogP) is 1.94. The highest BCUT2D eigenvalue weighted by atomic mass is 79.9. The summed E-state index contributed by atoms with van der Waals surface area (Å²) < 4.78 is 16.4. The minimum absolute atomic E-state index is 0.129. The van der Waals surface area contributed by atoms with E-state index in [9.17, 15) is 4.79 Å². The van der Waals surface area contributed by atoms with E-state index in [2.05, 4.69) is 21.9 Å². The third-order valence-electron chi connectivity index (χ3n) is 2.02. The van der Waals surface area contributed by atoms with Crippen LogP contribution in [0.2, 0.25) is 0 Å². The molecule has 0 saturated heterocycles. The summed E-state index contributed by atoms with van der Waals surface area (Å²) in [5, 5.41) is 0. The van der Waals surface area contributed by atoms with E-state index in [1.165, 1.54) is 0 Å². The van der Waals surface area contributed by atoms with E-state index in [0.29, 0.717) is 5.75 Å². The Kier molecular flexibility index (Phi) is 6.79. The first-order valence-corrected chi connectivity index (χ1v) is 6.26. The second kappa shape index (κ2) is 8.40. The van der Waals surface area contributed by atoms with Crippen LogP contribution in [0.3, 0.4) is 0 Å². The number of terminal acetylenes is 1. The van der Waals surface area contributed by atoms with Crippen molar-refractivity contribution in [3.8, 4) is 18.1 Å². The fourth-order valence-corrected chi connectivity index (χ4v) is 1.51. The first-order chi connectivity index (χ1) is 9.11. The van der Waals surface area contributed by atoms with E-state index in [-0.39, 0.29) is 19.8 Å². The summed E-state index contributed by atoms with van der Waals surface area (Å²) in [4.78, 5) is 10.7. The molecule has 0 spiro atoms. The summed E-state index contributed by atoms with van der Waals surface area (Å²) in [6.07, 6.45) is 3.57. The highest BCUT2D eigenvalue weighted by molar-refractivity contribution is 9.10. The zero-order valence-corrected chi connectivity index (χ0v) is 11.8. The van der Waals surface area contributed by atoms with Gasteiger partial charge in [-0.25, -0.2) is 4.79 Å². The van der Waals surface area contributed by atoms with Gasteiger partial charge in [0.15, 0.2) is 6.10 Å².